The summed E-state index contributed by atoms with van der Waals surface area (Å²) in [5.74, 6) is 1.01. The Hall–Kier alpha value is -1.73. The molecule has 0 radical (unpaired) electrons. The zero-order chi connectivity index (χ0) is 14.7. The molecule has 7 heteroatoms. The fraction of sp³-hybridized carbons (Fsp3) is 0.500. The van der Waals surface area contributed by atoms with Crippen LogP contribution < -0.4 is 5.32 Å². The van der Waals surface area contributed by atoms with Crippen LogP contribution in [-0.4, -0.2) is 38.7 Å². The first-order valence-corrected chi connectivity index (χ1v) is 8.06. The maximum Gasteiger partial charge on any atom is 0.236 e. The Bertz CT molecular complexity index is 620. The molecule has 3 rings (SSSR count). The van der Waals surface area contributed by atoms with E-state index < -0.39 is 0 Å². The van der Waals surface area contributed by atoms with Gasteiger partial charge in [0.1, 0.15) is 12.2 Å². The normalized spacial score (nSPS) is 14.2. The number of aryl methyl sites for hydroxylation is 1. The van der Waals surface area contributed by atoms with Crippen molar-refractivity contribution in [2.45, 2.75) is 33.0 Å². The van der Waals surface area contributed by atoms with Crippen molar-refractivity contribution in [3.63, 3.8) is 0 Å². The standard InChI is InChI=1S/C14H19N5OS/c1-2-18-10-16-17-13(18)7-15-8-14(20)19-5-3-12-11(9-19)4-6-21-12/h4,6,10,15H,2-3,5,7-9H2,1H3. The Kier molecular flexibility index (Phi) is 4.31. The van der Waals surface area contributed by atoms with Crippen molar-refractivity contribution >= 4 is 17.2 Å². The monoisotopic (exact) mass is 305 g/mol. The van der Waals surface area contributed by atoms with Gasteiger partial charge in [-0.2, -0.15) is 0 Å². The number of nitrogens with zero attached hydrogens (tertiary/aromatic N) is 4. The van der Waals surface area contributed by atoms with Gasteiger partial charge in [0, 0.05) is 24.5 Å². The van der Waals surface area contributed by atoms with Crippen molar-refractivity contribution < 1.29 is 4.79 Å². The third-order valence-electron chi connectivity index (χ3n) is 3.76. The van der Waals surface area contributed by atoms with Crippen molar-refractivity contribution in [2.24, 2.45) is 0 Å². The molecule has 2 aromatic heterocycles. The highest BCUT2D eigenvalue weighted by molar-refractivity contribution is 7.10. The SMILES string of the molecule is CCn1cnnc1CNCC(=O)N1CCc2sccc2C1. The highest BCUT2D eigenvalue weighted by Gasteiger charge is 2.21. The second-order valence-corrected chi connectivity index (χ2v) is 6.07. The Morgan fingerprint density at radius 3 is 3.29 bits per heavy atom. The van der Waals surface area contributed by atoms with Crippen LogP contribution in [0.2, 0.25) is 0 Å². The molecular weight excluding hydrogens is 286 g/mol. The van der Waals surface area contributed by atoms with E-state index in [2.05, 4.69) is 27.0 Å². The number of nitrogens with one attached hydrogen (secondary N) is 1. The van der Waals surface area contributed by atoms with E-state index in [1.807, 2.05) is 16.4 Å². The quantitative estimate of drug-likeness (QED) is 0.896. The molecule has 0 bridgehead atoms. The fourth-order valence-corrected chi connectivity index (χ4v) is 3.42. The number of amides is 1. The molecule has 0 saturated heterocycles. The topological polar surface area (TPSA) is 63.1 Å². The lowest BCUT2D eigenvalue weighted by Gasteiger charge is -2.27. The van der Waals surface area contributed by atoms with Crippen LogP contribution in [-0.2, 0) is 30.8 Å². The second-order valence-electron chi connectivity index (χ2n) is 5.07. The molecule has 0 unspecified atom stereocenters. The summed E-state index contributed by atoms with van der Waals surface area (Å²) in [5, 5.41) is 13.2. The van der Waals surface area contributed by atoms with Crippen LogP contribution in [0.1, 0.15) is 23.2 Å². The summed E-state index contributed by atoms with van der Waals surface area (Å²) in [5.41, 5.74) is 1.30. The van der Waals surface area contributed by atoms with Crippen LogP contribution in [0.5, 0.6) is 0 Å². The summed E-state index contributed by atoms with van der Waals surface area (Å²) >= 11 is 1.79. The summed E-state index contributed by atoms with van der Waals surface area (Å²) in [7, 11) is 0. The van der Waals surface area contributed by atoms with Gasteiger partial charge >= 0.3 is 0 Å². The van der Waals surface area contributed by atoms with E-state index in [1.54, 1.807) is 17.7 Å². The van der Waals surface area contributed by atoms with Gasteiger partial charge in [0.05, 0.1) is 13.1 Å². The highest BCUT2D eigenvalue weighted by Crippen LogP contribution is 2.23. The number of thiophene rings is 1. The predicted octanol–water partition coefficient (Wildman–Crippen LogP) is 1.03. The van der Waals surface area contributed by atoms with Crippen LogP contribution in [0.15, 0.2) is 17.8 Å². The fourth-order valence-electron chi connectivity index (χ4n) is 2.53. The van der Waals surface area contributed by atoms with Gasteiger partial charge in [-0.15, -0.1) is 21.5 Å². The molecule has 0 fully saturated rings. The number of carbonyl (C=O) groups is 1. The molecule has 0 saturated carbocycles. The van der Waals surface area contributed by atoms with E-state index >= 15 is 0 Å². The Labute approximate surface area is 127 Å². The first-order chi connectivity index (χ1) is 10.3. The molecule has 0 atom stereocenters. The second kappa shape index (κ2) is 6.36. The maximum atomic E-state index is 12.2. The van der Waals surface area contributed by atoms with E-state index in [1.165, 1.54) is 10.4 Å². The summed E-state index contributed by atoms with van der Waals surface area (Å²) in [4.78, 5) is 15.6. The van der Waals surface area contributed by atoms with E-state index in [0.717, 1.165) is 31.9 Å². The number of fused-ring (bicyclic) bond motifs is 1. The maximum absolute atomic E-state index is 12.2. The molecule has 1 N–H and O–H groups in total. The minimum atomic E-state index is 0.148. The Morgan fingerprint density at radius 1 is 1.52 bits per heavy atom. The lowest BCUT2D eigenvalue weighted by Crippen LogP contribution is -2.40. The van der Waals surface area contributed by atoms with Crippen molar-refractivity contribution in [2.75, 3.05) is 13.1 Å². The zero-order valence-electron chi connectivity index (χ0n) is 12.1. The zero-order valence-corrected chi connectivity index (χ0v) is 12.9. The molecule has 0 aliphatic carbocycles. The van der Waals surface area contributed by atoms with Gasteiger partial charge in [-0.3, -0.25) is 4.79 Å². The minimum absolute atomic E-state index is 0.148. The number of carbonyl (C=O) groups excluding carboxylic acids is 1. The Balaban J connectivity index is 1.49. The van der Waals surface area contributed by atoms with Crippen molar-refractivity contribution in [1.29, 1.82) is 0 Å². The van der Waals surface area contributed by atoms with Crippen molar-refractivity contribution in [3.8, 4) is 0 Å². The number of hydrogen-bond donors (Lipinski definition) is 1. The van der Waals surface area contributed by atoms with Gasteiger partial charge in [-0.05, 0) is 30.4 Å². The predicted molar refractivity (Wildman–Crippen MR) is 80.8 cm³/mol. The van der Waals surface area contributed by atoms with E-state index in [4.69, 9.17) is 0 Å². The van der Waals surface area contributed by atoms with Crippen molar-refractivity contribution in [1.82, 2.24) is 25.0 Å². The number of rotatable bonds is 5. The molecule has 1 aliphatic heterocycles. The Morgan fingerprint density at radius 2 is 2.43 bits per heavy atom. The van der Waals surface area contributed by atoms with E-state index in [9.17, 15) is 4.79 Å². The third-order valence-corrected chi connectivity index (χ3v) is 4.78. The largest absolute Gasteiger partial charge is 0.337 e. The molecule has 112 valence electrons. The molecule has 1 aliphatic rings. The molecule has 6 nitrogen and oxygen atoms in total. The summed E-state index contributed by atoms with van der Waals surface area (Å²) in [6.45, 7) is 5.35. The van der Waals surface area contributed by atoms with Gasteiger partial charge in [-0.25, -0.2) is 0 Å². The molecule has 0 aromatic carbocycles. The van der Waals surface area contributed by atoms with Gasteiger partial charge < -0.3 is 14.8 Å². The summed E-state index contributed by atoms with van der Waals surface area (Å²) < 4.78 is 1.97. The number of aromatic nitrogens is 3. The summed E-state index contributed by atoms with van der Waals surface area (Å²) in [6.07, 6.45) is 2.68. The van der Waals surface area contributed by atoms with Crippen LogP contribution in [0, 0.1) is 0 Å². The van der Waals surface area contributed by atoms with Crippen molar-refractivity contribution in [3.05, 3.63) is 34.0 Å². The minimum Gasteiger partial charge on any atom is -0.337 e. The lowest BCUT2D eigenvalue weighted by atomic mass is 10.1. The molecule has 1 amide bonds. The summed E-state index contributed by atoms with van der Waals surface area (Å²) in [6, 6.07) is 2.12. The first kappa shape index (κ1) is 14.2. The third kappa shape index (κ3) is 3.14. The van der Waals surface area contributed by atoms with Gasteiger partial charge in [0.15, 0.2) is 0 Å². The average Bonchev–Trinajstić information content (AvgIpc) is 3.14. The molecule has 21 heavy (non-hydrogen) atoms. The highest BCUT2D eigenvalue weighted by atomic mass is 32.1. The smallest absolute Gasteiger partial charge is 0.236 e. The number of hydrogen-bond acceptors (Lipinski definition) is 5. The van der Waals surface area contributed by atoms with Gasteiger partial charge in [0.2, 0.25) is 5.91 Å². The average molecular weight is 305 g/mol. The van der Waals surface area contributed by atoms with Crippen LogP contribution in [0.4, 0.5) is 0 Å². The molecular formula is C14H19N5OS. The van der Waals surface area contributed by atoms with Crippen LogP contribution in [0.25, 0.3) is 0 Å². The molecule has 0 spiro atoms. The lowest BCUT2D eigenvalue weighted by molar-refractivity contribution is -0.131. The molecule has 3 heterocycles. The van der Waals surface area contributed by atoms with Crippen LogP contribution >= 0.6 is 11.3 Å². The van der Waals surface area contributed by atoms with E-state index in [-0.39, 0.29) is 5.91 Å². The van der Waals surface area contributed by atoms with Crippen LogP contribution in [0.3, 0.4) is 0 Å². The van der Waals surface area contributed by atoms with Gasteiger partial charge in [0.25, 0.3) is 0 Å². The molecule has 2 aromatic rings. The van der Waals surface area contributed by atoms with E-state index in [0.29, 0.717) is 13.1 Å². The van der Waals surface area contributed by atoms with Gasteiger partial charge in [-0.1, -0.05) is 0 Å². The first-order valence-electron chi connectivity index (χ1n) is 7.18.